The highest BCUT2D eigenvalue weighted by Gasteiger charge is 2.18. The second-order valence-electron chi connectivity index (χ2n) is 4.77. The number of hydrogen-bond acceptors (Lipinski definition) is 3. The van der Waals surface area contributed by atoms with Gasteiger partial charge in [0.15, 0.2) is 0 Å². The van der Waals surface area contributed by atoms with Gasteiger partial charge in [0.25, 0.3) is 0 Å². The van der Waals surface area contributed by atoms with Crippen molar-refractivity contribution < 1.29 is 9.31 Å². The highest BCUT2D eigenvalue weighted by atomic mass is 79.9. The smallest absolute Gasteiger partial charge is 0.298 e. The van der Waals surface area contributed by atoms with E-state index in [0.717, 1.165) is 10.0 Å². The van der Waals surface area contributed by atoms with E-state index in [1.165, 1.54) is 12.1 Å². The van der Waals surface area contributed by atoms with Gasteiger partial charge in [0.2, 0.25) is 5.82 Å². The molecule has 0 fully saturated rings. The molecule has 0 spiro atoms. The third-order valence-electron chi connectivity index (χ3n) is 3.09. The zero-order valence-electron chi connectivity index (χ0n) is 11.4. The summed E-state index contributed by atoms with van der Waals surface area (Å²) >= 11 is 3.47. The summed E-state index contributed by atoms with van der Waals surface area (Å²) in [6, 6.07) is 12.0. The maximum atomic E-state index is 14.0. The summed E-state index contributed by atoms with van der Waals surface area (Å²) in [6.45, 7) is 0.915. The van der Waals surface area contributed by atoms with Crippen LogP contribution < -0.4 is 0 Å². The van der Waals surface area contributed by atoms with Gasteiger partial charge < -0.3 is 0 Å². The monoisotopic (exact) mass is 352 g/mol. The first-order valence-electron chi connectivity index (χ1n) is 6.32. The fraction of sp³-hybridized carbons (Fsp3) is 0.200. The van der Waals surface area contributed by atoms with Crippen LogP contribution in [0, 0.1) is 15.9 Å². The first-order chi connectivity index (χ1) is 9.99. The highest BCUT2D eigenvalue weighted by molar-refractivity contribution is 9.10. The van der Waals surface area contributed by atoms with Crippen LogP contribution in [0.2, 0.25) is 0 Å². The number of halogens is 2. The number of nitro benzene ring substituents is 1. The Morgan fingerprint density at radius 3 is 2.43 bits per heavy atom. The molecule has 2 rings (SSSR count). The van der Waals surface area contributed by atoms with Crippen LogP contribution in [0.15, 0.2) is 46.9 Å². The molecule has 0 amide bonds. The molecule has 0 aliphatic carbocycles. The lowest BCUT2D eigenvalue weighted by Gasteiger charge is -2.18. The van der Waals surface area contributed by atoms with E-state index in [1.54, 1.807) is 6.07 Å². The van der Waals surface area contributed by atoms with Gasteiger partial charge in [0.1, 0.15) is 0 Å². The number of nitro groups is 1. The molecular weight excluding hydrogens is 339 g/mol. The van der Waals surface area contributed by atoms with Crippen molar-refractivity contribution in [3.63, 3.8) is 0 Å². The number of hydrogen-bond donors (Lipinski definition) is 0. The van der Waals surface area contributed by atoms with Gasteiger partial charge in [0, 0.05) is 29.2 Å². The summed E-state index contributed by atoms with van der Waals surface area (Å²) in [5.74, 6) is -0.763. The Balaban J connectivity index is 2.13. The highest BCUT2D eigenvalue weighted by Crippen LogP contribution is 2.22. The summed E-state index contributed by atoms with van der Waals surface area (Å²) in [5.41, 5.74) is 0.909. The summed E-state index contributed by atoms with van der Waals surface area (Å²) in [5, 5.41) is 10.7. The molecule has 0 saturated carbocycles. The van der Waals surface area contributed by atoms with Gasteiger partial charge in [-0.1, -0.05) is 46.3 Å². The molecule has 0 heterocycles. The van der Waals surface area contributed by atoms with E-state index < -0.39 is 16.4 Å². The second kappa shape index (κ2) is 6.78. The van der Waals surface area contributed by atoms with Crippen LogP contribution >= 0.6 is 15.9 Å². The molecule has 21 heavy (non-hydrogen) atoms. The largest absolute Gasteiger partial charge is 0.305 e. The molecule has 0 atom stereocenters. The van der Waals surface area contributed by atoms with Crippen molar-refractivity contribution in [1.29, 1.82) is 0 Å². The number of rotatable bonds is 5. The molecule has 0 aliphatic heterocycles. The molecule has 0 aromatic heterocycles. The Morgan fingerprint density at radius 2 is 1.76 bits per heavy atom. The third-order valence-corrected chi connectivity index (χ3v) is 3.87. The molecule has 2 aromatic carbocycles. The van der Waals surface area contributed by atoms with Crippen LogP contribution in [0.25, 0.3) is 0 Å². The fourth-order valence-corrected chi connectivity index (χ4v) is 2.50. The molecule has 0 saturated heterocycles. The zero-order chi connectivity index (χ0) is 15.4. The Kier molecular flexibility index (Phi) is 5.03. The molecule has 0 bridgehead atoms. The average molecular weight is 353 g/mol. The van der Waals surface area contributed by atoms with E-state index in [1.807, 2.05) is 36.2 Å². The van der Waals surface area contributed by atoms with E-state index >= 15 is 0 Å². The van der Waals surface area contributed by atoms with E-state index in [2.05, 4.69) is 15.9 Å². The topological polar surface area (TPSA) is 46.4 Å². The third kappa shape index (κ3) is 3.86. The van der Waals surface area contributed by atoms with Crippen LogP contribution in [0.4, 0.5) is 10.1 Å². The minimum atomic E-state index is -0.763. The first kappa shape index (κ1) is 15.6. The van der Waals surface area contributed by atoms with Crippen LogP contribution in [0.5, 0.6) is 0 Å². The van der Waals surface area contributed by atoms with Crippen molar-refractivity contribution in [2.45, 2.75) is 13.1 Å². The lowest BCUT2D eigenvalue weighted by molar-refractivity contribution is -0.387. The van der Waals surface area contributed by atoms with Gasteiger partial charge in [-0.2, -0.15) is 4.39 Å². The Bertz CT molecular complexity index is 664. The van der Waals surface area contributed by atoms with Gasteiger partial charge >= 0.3 is 5.69 Å². The minimum absolute atomic E-state index is 0.300. The summed E-state index contributed by atoms with van der Waals surface area (Å²) in [6.07, 6.45) is 0. The number of nitrogens with zero attached hydrogens (tertiary/aromatic N) is 2. The van der Waals surface area contributed by atoms with Gasteiger partial charge in [-0.25, -0.2) is 0 Å². The standard InChI is InChI=1S/C15H14BrFN2O2/c1-18(9-11-5-2-3-7-13(11)16)10-12-6-4-8-14(15(12)17)19(20)21/h2-8H,9-10H2,1H3. The van der Waals surface area contributed by atoms with Crippen molar-refractivity contribution in [2.75, 3.05) is 7.05 Å². The Hall–Kier alpha value is -1.79. The quantitative estimate of drug-likeness (QED) is 0.600. The van der Waals surface area contributed by atoms with E-state index in [9.17, 15) is 14.5 Å². The molecule has 4 nitrogen and oxygen atoms in total. The van der Waals surface area contributed by atoms with Gasteiger partial charge in [0.05, 0.1) is 4.92 Å². The average Bonchev–Trinajstić information content (AvgIpc) is 2.43. The van der Waals surface area contributed by atoms with E-state index in [4.69, 9.17) is 0 Å². The minimum Gasteiger partial charge on any atom is -0.298 e. The summed E-state index contributed by atoms with van der Waals surface area (Å²) < 4.78 is 15.0. The second-order valence-corrected chi connectivity index (χ2v) is 5.63. The zero-order valence-corrected chi connectivity index (χ0v) is 13.0. The van der Waals surface area contributed by atoms with Crippen molar-refractivity contribution in [3.8, 4) is 0 Å². The predicted molar refractivity (Wildman–Crippen MR) is 82.4 cm³/mol. The lowest BCUT2D eigenvalue weighted by atomic mass is 10.1. The van der Waals surface area contributed by atoms with Crippen LogP contribution in [-0.4, -0.2) is 16.9 Å². The van der Waals surface area contributed by atoms with Crippen LogP contribution in [0.3, 0.4) is 0 Å². The molecule has 0 N–H and O–H groups in total. The van der Waals surface area contributed by atoms with Gasteiger partial charge in [-0.15, -0.1) is 0 Å². The summed E-state index contributed by atoms with van der Waals surface area (Å²) in [4.78, 5) is 11.9. The van der Waals surface area contributed by atoms with Crippen molar-refractivity contribution in [3.05, 3.63) is 74.0 Å². The molecule has 0 unspecified atom stereocenters. The number of benzene rings is 2. The molecule has 2 aromatic rings. The van der Waals surface area contributed by atoms with Crippen molar-refractivity contribution >= 4 is 21.6 Å². The maximum absolute atomic E-state index is 14.0. The lowest BCUT2D eigenvalue weighted by Crippen LogP contribution is -2.18. The molecule has 0 aliphatic rings. The molecular formula is C15H14BrFN2O2. The molecule has 6 heteroatoms. The predicted octanol–water partition coefficient (Wildman–Crippen LogP) is 4.13. The summed E-state index contributed by atoms with van der Waals surface area (Å²) in [7, 11) is 1.84. The Morgan fingerprint density at radius 1 is 1.14 bits per heavy atom. The van der Waals surface area contributed by atoms with Crippen molar-refractivity contribution in [1.82, 2.24) is 4.90 Å². The SMILES string of the molecule is CN(Cc1ccccc1Br)Cc1cccc([N+](=O)[O-])c1F. The fourth-order valence-electron chi connectivity index (χ4n) is 2.09. The molecule has 0 radical (unpaired) electrons. The van der Waals surface area contributed by atoms with E-state index in [-0.39, 0.29) is 0 Å². The maximum Gasteiger partial charge on any atom is 0.305 e. The van der Waals surface area contributed by atoms with Gasteiger partial charge in [-0.3, -0.25) is 15.0 Å². The molecule has 110 valence electrons. The van der Waals surface area contributed by atoms with Crippen molar-refractivity contribution in [2.24, 2.45) is 0 Å². The van der Waals surface area contributed by atoms with Gasteiger partial charge in [-0.05, 0) is 18.7 Å². The normalized spacial score (nSPS) is 10.9. The van der Waals surface area contributed by atoms with E-state index in [0.29, 0.717) is 18.7 Å². The van der Waals surface area contributed by atoms with Crippen LogP contribution in [0.1, 0.15) is 11.1 Å². The van der Waals surface area contributed by atoms with Crippen LogP contribution in [-0.2, 0) is 13.1 Å². The first-order valence-corrected chi connectivity index (χ1v) is 7.12. The Labute approximate surface area is 130 Å².